The Hall–Kier alpha value is -2.18. The number of amides is 1. The highest BCUT2D eigenvalue weighted by atomic mass is 16.5. The maximum Gasteiger partial charge on any atom is 0.254 e. The first-order valence-electron chi connectivity index (χ1n) is 8.95. The van der Waals surface area contributed by atoms with Gasteiger partial charge in [-0.05, 0) is 39.2 Å². The summed E-state index contributed by atoms with van der Waals surface area (Å²) >= 11 is 0. The number of benzene rings is 1. The average Bonchev–Trinajstić information content (AvgIpc) is 2.84. The summed E-state index contributed by atoms with van der Waals surface area (Å²) in [5.41, 5.74) is 2.30. The van der Waals surface area contributed by atoms with Crippen molar-refractivity contribution in [2.75, 3.05) is 54.1 Å². The third-order valence-corrected chi connectivity index (χ3v) is 4.62. The van der Waals surface area contributed by atoms with Crippen LogP contribution in [0.25, 0.3) is 10.9 Å². The Kier molecular flexibility index (Phi) is 5.74. The lowest BCUT2D eigenvalue weighted by Crippen LogP contribution is -2.38. The highest BCUT2D eigenvalue weighted by Crippen LogP contribution is 2.25. The quantitative estimate of drug-likeness (QED) is 0.840. The second kappa shape index (κ2) is 8.01. The molecule has 1 aromatic heterocycles. The molecule has 0 unspecified atom stereocenters. The van der Waals surface area contributed by atoms with E-state index in [1.165, 1.54) is 0 Å². The third kappa shape index (κ3) is 4.14. The Bertz CT molecular complexity index is 791. The van der Waals surface area contributed by atoms with Gasteiger partial charge < -0.3 is 19.3 Å². The van der Waals surface area contributed by atoms with Crippen LogP contribution in [0.1, 0.15) is 16.1 Å². The van der Waals surface area contributed by atoms with Gasteiger partial charge >= 0.3 is 0 Å². The fourth-order valence-electron chi connectivity index (χ4n) is 3.51. The summed E-state index contributed by atoms with van der Waals surface area (Å²) in [6.45, 7) is 5.39. The number of aryl methyl sites for hydroxylation is 1. The first kappa shape index (κ1) is 18.6. The summed E-state index contributed by atoms with van der Waals surface area (Å²) in [6, 6.07) is 7.54. The number of hydrogen-bond acceptors (Lipinski definition) is 5. The van der Waals surface area contributed by atoms with E-state index in [1.807, 2.05) is 50.2 Å². The number of nitrogens with zero attached hydrogens (tertiary/aromatic N) is 3. The van der Waals surface area contributed by atoms with Gasteiger partial charge in [0.15, 0.2) is 0 Å². The molecule has 0 spiro atoms. The highest BCUT2D eigenvalue weighted by molar-refractivity contribution is 6.06. The van der Waals surface area contributed by atoms with Crippen molar-refractivity contribution in [3.63, 3.8) is 0 Å². The molecule has 1 fully saturated rings. The van der Waals surface area contributed by atoms with Crippen molar-refractivity contribution in [1.82, 2.24) is 14.8 Å². The molecule has 1 amide bonds. The van der Waals surface area contributed by atoms with Crippen LogP contribution in [-0.4, -0.2) is 74.7 Å². The second-order valence-corrected chi connectivity index (χ2v) is 7.15. The SMILES string of the molecule is COc1ccc2c(C(=O)N3CCOC[C@H](CN(C)C)C3)cc(C)nc2c1. The standard InChI is InChI=1S/C20H27N3O3/c1-14-9-18(17-6-5-16(25-4)10-19(17)21-14)20(24)23-7-8-26-13-15(12-23)11-22(2)3/h5-6,9-10,15H,7-8,11-13H2,1-4H3/t15-/m1/s1. The minimum absolute atomic E-state index is 0.0416. The van der Waals surface area contributed by atoms with Gasteiger partial charge in [0.25, 0.3) is 5.91 Å². The molecule has 1 saturated heterocycles. The van der Waals surface area contributed by atoms with Crippen LogP contribution in [0.2, 0.25) is 0 Å². The molecule has 26 heavy (non-hydrogen) atoms. The molecule has 2 heterocycles. The van der Waals surface area contributed by atoms with Crippen LogP contribution in [0.4, 0.5) is 0 Å². The molecule has 0 saturated carbocycles. The lowest BCUT2D eigenvalue weighted by molar-refractivity contribution is 0.0737. The van der Waals surface area contributed by atoms with Crippen molar-refractivity contribution in [2.45, 2.75) is 6.92 Å². The molecule has 1 aliphatic heterocycles. The van der Waals surface area contributed by atoms with E-state index in [0.717, 1.165) is 28.9 Å². The van der Waals surface area contributed by atoms with Crippen molar-refractivity contribution in [3.8, 4) is 5.75 Å². The fourth-order valence-corrected chi connectivity index (χ4v) is 3.51. The van der Waals surface area contributed by atoms with E-state index in [-0.39, 0.29) is 5.91 Å². The maximum absolute atomic E-state index is 13.3. The van der Waals surface area contributed by atoms with Crippen molar-refractivity contribution >= 4 is 16.8 Å². The van der Waals surface area contributed by atoms with E-state index in [0.29, 0.717) is 37.8 Å². The zero-order valence-corrected chi connectivity index (χ0v) is 16.0. The first-order chi connectivity index (χ1) is 12.5. The average molecular weight is 357 g/mol. The van der Waals surface area contributed by atoms with Gasteiger partial charge in [-0.1, -0.05) is 0 Å². The topological polar surface area (TPSA) is 54.9 Å². The van der Waals surface area contributed by atoms with Crippen LogP contribution < -0.4 is 4.74 Å². The van der Waals surface area contributed by atoms with Gasteiger partial charge in [0.05, 0.1) is 31.4 Å². The Labute approximate surface area is 154 Å². The van der Waals surface area contributed by atoms with Crippen LogP contribution in [0.3, 0.4) is 0 Å². The van der Waals surface area contributed by atoms with Gasteiger partial charge in [-0.25, -0.2) is 0 Å². The molecule has 2 aromatic rings. The van der Waals surface area contributed by atoms with Gasteiger partial charge in [-0.15, -0.1) is 0 Å². The van der Waals surface area contributed by atoms with E-state index in [1.54, 1.807) is 7.11 Å². The zero-order chi connectivity index (χ0) is 18.7. The van der Waals surface area contributed by atoms with Gasteiger partial charge in [0.1, 0.15) is 5.75 Å². The molecular weight excluding hydrogens is 330 g/mol. The summed E-state index contributed by atoms with van der Waals surface area (Å²) in [5.74, 6) is 1.09. The summed E-state index contributed by atoms with van der Waals surface area (Å²) in [7, 11) is 5.72. The van der Waals surface area contributed by atoms with Crippen molar-refractivity contribution in [2.24, 2.45) is 5.92 Å². The van der Waals surface area contributed by atoms with Gasteiger partial charge in [-0.2, -0.15) is 0 Å². The molecule has 1 atom stereocenters. The predicted octanol–water partition coefficient (Wildman–Crippen LogP) is 2.20. The van der Waals surface area contributed by atoms with E-state index < -0.39 is 0 Å². The molecule has 0 aliphatic carbocycles. The fraction of sp³-hybridized carbons (Fsp3) is 0.500. The maximum atomic E-state index is 13.3. The lowest BCUT2D eigenvalue weighted by Gasteiger charge is -2.26. The molecule has 0 N–H and O–H groups in total. The molecule has 3 rings (SSSR count). The molecular formula is C20H27N3O3. The number of methoxy groups -OCH3 is 1. The Balaban J connectivity index is 1.93. The molecule has 6 nitrogen and oxygen atoms in total. The van der Waals surface area contributed by atoms with Crippen molar-refractivity contribution in [1.29, 1.82) is 0 Å². The summed E-state index contributed by atoms with van der Waals surface area (Å²) in [5, 5.41) is 0.857. The zero-order valence-electron chi connectivity index (χ0n) is 16.0. The Morgan fingerprint density at radius 1 is 1.38 bits per heavy atom. The van der Waals surface area contributed by atoms with Crippen LogP contribution >= 0.6 is 0 Å². The second-order valence-electron chi connectivity index (χ2n) is 7.15. The van der Waals surface area contributed by atoms with Crippen molar-refractivity contribution in [3.05, 3.63) is 35.5 Å². The highest BCUT2D eigenvalue weighted by Gasteiger charge is 2.25. The molecule has 0 radical (unpaired) electrons. The molecule has 1 aromatic carbocycles. The Morgan fingerprint density at radius 3 is 2.92 bits per heavy atom. The number of rotatable bonds is 4. The van der Waals surface area contributed by atoms with E-state index in [4.69, 9.17) is 9.47 Å². The molecule has 140 valence electrons. The summed E-state index contributed by atoms with van der Waals surface area (Å²) in [4.78, 5) is 21.9. The molecule has 0 bridgehead atoms. The number of aromatic nitrogens is 1. The number of fused-ring (bicyclic) bond motifs is 1. The number of pyridine rings is 1. The largest absolute Gasteiger partial charge is 0.497 e. The predicted molar refractivity (Wildman–Crippen MR) is 102 cm³/mol. The first-order valence-corrected chi connectivity index (χ1v) is 8.95. The van der Waals surface area contributed by atoms with Crippen LogP contribution in [0.5, 0.6) is 5.75 Å². The minimum atomic E-state index is 0.0416. The minimum Gasteiger partial charge on any atom is -0.497 e. The summed E-state index contributed by atoms with van der Waals surface area (Å²) < 4.78 is 11.0. The van der Waals surface area contributed by atoms with E-state index >= 15 is 0 Å². The van der Waals surface area contributed by atoms with Crippen molar-refractivity contribution < 1.29 is 14.3 Å². The third-order valence-electron chi connectivity index (χ3n) is 4.62. The van der Waals surface area contributed by atoms with Crippen LogP contribution in [-0.2, 0) is 4.74 Å². The van der Waals surface area contributed by atoms with Gasteiger partial charge in [0.2, 0.25) is 0 Å². The Morgan fingerprint density at radius 2 is 2.19 bits per heavy atom. The van der Waals surface area contributed by atoms with Crippen LogP contribution in [0.15, 0.2) is 24.3 Å². The normalized spacial score (nSPS) is 18.2. The monoisotopic (exact) mass is 357 g/mol. The van der Waals surface area contributed by atoms with E-state index in [2.05, 4.69) is 9.88 Å². The van der Waals surface area contributed by atoms with E-state index in [9.17, 15) is 4.79 Å². The lowest BCUT2D eigenvalue weighted by atomic mass is 10.0. The number of carbonyl (C=O) groups is 1. The number of ether oxygens (including phenoxy) is 2. The van der Waals surface area contributed by atoms with Crippen LogP contribution in [0, 0.1) is 12.8 Å². The smallest absolute Gasteiger partial charge is 0.254 e. The van der Waals surface area contributed by atoms with Gasteiger partial charge in [-0.3, -0.25) is 9.78 Å². The number of hydrogen-bond donors (Lipinski definition) is 0. The number of carbonyl (C=O) groups excluding carboxylic acids is 1. The summed E-state index contributed by atoms with van der Waals surface area (Å²) in [6.07, 6.45) is 0. The molecule has 6 heteroatoms. The molecule has 1 aliphatic rings. The van der Waals surface area contributed by atoms with Gasteiger partial charge in [0, 0.05) is 42.7 Å².